The number of carbonyl (C=O) groups excluding carboxylic acids is 1. The molecule has 0 saturated carbocycles. The molecule has 1 aliphatic heterocycles. The summed E-state index contributed by atoms with van der Waals surface area (Å²) >= 11 is 1.73. The van der Waals surface area contributed by atoms with Gasteiger partial charge >= 0.3 is 6.03 Å². The molecule has 116 valence electrons. The topological polar surface area (TPSA) is 44.4 Å². The van der Waals surface area contributed by atoms with Gasteiger partial charge in [-0.05, 0) is 47.4 Å². The van der Waals surface area contributed by atoms with Crippen LogP contribution in [0.5, 0.6) is 0 Å². The molecule has 0 bridgehead atoms. The maximum atomic E-state index is 12.1. The molecule has 1 saturated heterocycles. The summed E-state index contributed by atoms with van der Waals surface area (Å²) in [5.74, 6) is 0. The highest BCUT2D eigenvalue weighted by Crippen LogP contribution is 2.16. The van der Waals surface area contributed by atoms with E-state index in [2.05, 4.69) is 32.4 Å². The summed E-state index contributed by atoms with van der Waals surface area (Å²) in [6.45, 7) is 4.91. The second-order valence-corrected chi connectivity index (χ2v) is 6.55. The van der Waals surface area contributed by atoms with Gasteiger partial charge < -0.3 is 10.6 Å². The Hall–Kier alpha value is -1.85. The standard InChI is InChI=1S/C17H21N3OS/c1-13-4-2-3-5-16(13)19-17(21)18-15-6-8-20(11-15)10-14-7-9-22-12-14/h2-5,7,9,12,15H,6,8,10-11H2,1H3,(H2,18,19,21)/t15-/m1/s1. The van der Waals surface area contributed by atoms with Crippen LogP contribution in [0, 0.1) is 6.92 Å². The second-order valence-electron chi connectivity index (χ2n) is 5.77. The third-order valence-electron chi connectivity index (χ3n) is 3.99. The van der Waals surface area contributed by atoms with Crippen LogP contribution in [-0.2, 0) is 6.54 Å². The predicted molar refractivity (Wildman–Crippen MR) is 91.3 cm³/mol. The minimum absolute atomic E-state index is 0.114. The number of rotatable bonds is 4. The average molecular weight is 315 g/mol. The van der Waals surface area contributed by atoms with Gasteiger partial charge in [0.2, 0.25) is 0 Å². The van der Waals surface area contributed by atoms with Gasteiger partial charge in [0.15, 0.2) is 0 Å². The van der Waals surface area contributed by atoms with Crippen molar-refractivity contribution in [3.8, 4) is 0 Å². The molecule has 2 heterocycles. The van der Waals surface area contributed by atoms with Gasteiger partial charge in [-0.1, -0.05) is 18.2 Å². The number of aryl methyl sites for hydroxylation is 1. The normalized spacial score (nSPS) is 18.3. The van der Waals surface area contributed by atoms with Crippen LogP contribution in [-0.4, -0.2) is 30.1 Å². The van der Waals surface area contributed by atoms with Gasteiger partial charge in [0.25, 0.3) is 0 Å². The molecular formula is C17H21N3OS. The summed E-state index contributed by atoms with van der Waals surface area (Å²) in [5.41, 5.74) is 3.30. The molecule has 3 rings (SSSR count). The zero-order chi connectivity index (χ0) is 15.4. The largest absolute Gasteiger partial charge is 0.334 e. The fraction of sp³-hybridized carbons (Fsp3) is 0.353. The number of nitrogens with zero attached hydrogens (tertiary/aromatic N) is 1. The summed E-state index contributed by atoms with van der Waals surface area (Å²) in [6.07, 6.45) is 1.01. The number of thiophene rings is 1. The lowest BCUT2D eigenvalue weighted by Gasteiger charge is -2.17. The Bertz CT molecular complexity index is 627. The Morgan fingerprint density at radius 1 is 1.36 bits per heavy atom. The van der Waals surface area contributed by atoms with Crippen molar-refractivity contribution in [3.05, 3.63) is 52.2 Å². The molecule has 0 aliphatic carbocycles. The van der Waals surface area contributed by atoms with Crippen molar-refractivity contribution in [2.24, 2.45) is 0 Å². The number of urea groups is 1. The van der Waals surface area contributed by atoms with Gasteiger partial charge in [-0.2, -0.15) is 11.3 Å². The number of carbonyl (C=O) groups is 1. The van der Waals surface area contributed by atoms with Crippen LogP contribution >= 0.6 is 11.3 Å². The van der Waals surface area contributed by atoms with E-state index in [4.69, 9.17) is 0 Å². The van der Waals surface area contributed by atoms with E-state index in [-0.39, 0.29) is 12.1 Å². The lowest BCUT2D eigenvalue weighted by Crippen LogP contribution is -2.39. The Labute approximate surface area is 135 Å². The molecule has 1 aliphatic rings. The fourth-order valence-corrected chi connectivity index (χ4v) is 3.45. The smallest absolute Gasteiger partial charge is 0.319 e. The number of likely N-dealkylation sites (tertiary alicyclic amines) is 1. The summed E-state index contributed by atoms with van der Waals surface area (Å²) in [5, 5.41) is 10.3. The number of hydrogen-bond acceptors (Lipinski definition) is 3. The summed E-state index contributed by atoms with van der Waals surface area (Å²) in [4.78, 5) is 14.5. The molecule has 2 amide bonds. The van der Waals surface area contributed by atoms with Crippen LogP contribution in [0.15, 0.2) is 41.1 Å². The van der Waals surface area contributed by atoms with E-state index in [0.29, 0.717) is 0 Å². The van der Waals surface area contributed by atoms with Gasteiger partial charge in [-0.15, -0.1) is 0 Å². The van der Waals surface area contributed by atoms with Crippen molar-refractivity contribution in [2.45, 2.75) is 25.9 Å². The Kier molecular flexibility index (Phi) is 4.75. The SMILES string of the molecule is Cc1ccccc1NC(=O)N[C@@H]1CCN(Cc2ccsc2)C1. The van der Waals surface area contributed by atoms with Crippen molar-refractivity contribution in [1.29, 1.82) is 0 Å². The van der Waals surface area contributed by atoms with E-state index in [9.17, 15) is 4.79 Å². The minimum atomic E-state index is -0.114. The van der Waals surface area contributed by atoms with E-state index < -0.39 is 0 Å². The zero-order valence-corrected chi connectivity index (χ0v) is 13.5. The van der Waals surface area contributed by atoms with Crippen molar-refractivity contribution in [3.63, 3.8) is 0 Å². The molecule has 22 heavy (non-hydrogen) atoms. The van der Waals surface area contributed by atoms with Crippen molar-refractivity contribution < 1.29 is 4.79 Å². The molecule has 4 nitrogen and oxygen atoms in total. The highest BCUT2D eigenvalue weighted by atomic mass is 32.1. The Morgan fingerprint density at radius 2 is 2.23 bits per heavy atom. The molecule has 1 aromatic carbocycles. The fourth-order valence-electron chi connectivity index (χ4n) is 2.79. The lowest BCUT2D eigenvalue weighted by atomic mass is 10.2. The number of anilines is 1. The van der Waals surface area contributed by atoms with Crippen LogP contribution in [0.1, 0.15) is 17.5 Å². The molecule has 1 atom stereocenters. The molecule has 2 aromatic rings. The third-order valence-corrected chi connectivity index (χ3v) is 4.72. The van der Waals surface area contributed by atoms with Crippen molar-refractivity contribution >= 4 is 23.1 Å². The lowest BCUT2D eigenvalue weighted by molar-refractivity contribution is 0.247. The van der Waals surface area contributed by atoms with Crippen molar-refractivity contribution in [2.75, 3.05) is 18.4 Å². The third kappa shape index (κ3) is 3.87. The van der Waals surface area contributed by atoms with Crippen LogP contribution in [0.4, 0.5) is 10.5 Å². The minimum Gasteiger partial charge on any atom is -0.334 e. The van der Waals surface area contributed by atoms with Gasteiger partial charge in [-0.3, -0.25) is 4.90 Å². The number of nitrogens with one attached hydrogen (secondary N) is 2. The summed E-state index contributed by atoms with van der Waals surface area (Å²) < 4.78 is 0. The second kappa shape index (κ2) is 6.94. The molecule has 5 heteroatoms. The average Bonchev–Trinajstić information content (AvgIpc) is 3.14. The summed E-state index contributed by atoms with van der Waals surface area (Å²) in [7, 11) is 0. The first-order valence-electron chi connectivity index (χ1n) is 7.57. The van der Waals surface area contributed by atoms with E-state index >= 15 is 0 Å². The van der Waals surface area contributed by atoms with Crippen LogP contribution in [0.2, 0.25) is 0 Å². The van der Waals surface area contributed by atoms with Gasteiger partial charge in [0.1, 0.15) is 0 Å². The van der Waals surface area contributed by atoms with E-state index in [1.807, 2.05) is 31.2 Å². The molecule has 2 N–H and O–H groups in total. The molecule has 1 fully saturated rings. The Balaban J connectivity index is 1.47. The first-order valence-corrected chi connectivity index (χ1v) is 8.51. The molecule has 0 radical (unpaired) electrons. The molecule has 0 unspecified atom stereocenters. The summed E-state index contributed by atoms with van der Waals surface area (Å²) in [6, 6.07) is 10.1. The maximum absolute atomic E-state index is 12.1. The van der Waals surface area contributed by atoms with Crippen LogP contribution in [0.25, 0.3) is 0 Å². The number of hydrogen-bond donors (Lipinski definition) is 2. The number of benzene rings is 1. The van der Waals surface area contributed by atoms with E-state index in [0.717, 1.165) is 37.3 Å². The zero-order valence-electron chi connectivity index (χ0n) is 12.7. The molecule has 0 spiro atoms. The van der Waals surface area contributed by atoms with Crippen LogP contribution < -0.4 is 10.6 Å². The monoisotopic (exact) mass is 315 g/mol. The highest BCUT2D eigenvalue weighted by molar-refractivity contribution is 7.07. The van der Waals surface area contributed by atoms with Crippen molar-refractivity contribution in [1.82, 2.24) is 10.2 Å². The van der Waals surface area contributed by atoms with E-state index in [1.165, 1.54) is 5.56 Å². The first-order chi connectivity index (χ1) is 10.7. The quantitative estimate of drug-likeness (QED) is 0.907. The highest BCUT2D eigenvalue weighted by Gasteiger charge is 2.23. The van der Waals surface area contributed by atoms with Gasteiger partial charge in [-0.25, -0.2) is 4.79 Å². The van der Waals surface area contributed by atoms with Gasteiger partial charge in [0.05, 0.1) is 0 Å². The molecular weight excluding hydrogens is 294 g/mol. The molecule has 1 aromatic heterocycles. The number of amides is 2. The first kappa shape index (κ1) is 15.1. The predicted octanol–water partition coefficient (Wildman–Crippen LogP) is 3.45. The maximum Gasteiger partial charge on any atom is 0.319 e. The van der Waals surface area contributed by atoms with E-state index in [1.54, 1.807) is 11.3 Å². The number of para-hydroxylation sites is 1. The Morgan fingerprint density at radius 3 is 3.00 bits per heavy atom. The van der Waals surface area contributed by atoms with Gasteiger partial charge in [0, 0.05) is 31.4 Å². The van der Waals surface area contributed by atoms with Crippen LogP contribution in [0.3, 0.4) is 0 Å².